The summed E-state index contributed by atoms with van der Waals surface area (Å²) >= 11 is 12.2. The maximum absolute atomic E-state index is 13.1. The first kappa shape index (κ1) is 20.7. The van der Waals surface area contributed by atoms with Gasteiger partial charge in [0, 0.05) is 51.4 Å². The Morgan fingerprint density at radius 1 is 1.09 bits per heavy atom. The monoisotopic (exact) mass is 463 g/mol. The fourth-order valence-electron chi connectivity index (χ4n) is 3.99. The highest BCUT2D eigenvalue weighted by atomic mass is 35.5. The number of Topliss-reactive ketones (excluding diaryl/α,β-unsaturated/α-hetero) is 1. The Bertz CT molecular complexity index is 1420. The van der Waals surface area contributed by atoms with Crippen molar-refractivity contribution in [1.29, 1.82) is 0 Å². The van der Waals surface area contributed by atoms with Gasteiger partial charge in [-0.3, -0.25) is 4.79 Å². The predicted octanol–water partition coefficient (Wildman–Crippen LogP) is 6.99. The number of hydrogen-bond acceptors (Lipinski definition) is 3. The van der Waals surface area contributed by atoms with Crippen LogP contribution in [0.2, 0.25) is 10.0 Å². The average Bonchev–Trinajstić information content (AvgIpc) is 3.25. The summed E-state index contributed by atoms with van der Waals surface area (Å²) in [6, 6.07) is 16.9. The lowest BCUT2D eigenvalue weighted by molar-refractivity contribution is 0.101. The Balaban J connectivity index is 1.43. The Labute approximate surface area is 195 Å². The third kappa shape index (κ3) is 3.66. The molecule has 4 aromatic rings. The number of benzene rings is 3. The third-order valence-electron chi connectivity index (χ3n) is 5.57. The fraction of sp³-hybridized carbons (Fsp3) is 0.115. The maximum atomic E-state index is 13.1. The Kier molecular flexibility index (Phi) is 5.20. The molecule has 2 heterocycles. The number of allylic oxidation sites excluding steroid dienone is 1. The summed E-state index contributed by atoms with van der Waals surface area (Å²) in [6.45, 7) is 2.16. The molecule has 5 rings (SSSR count). The number of nitrogens with zero attached hydrogens (tertiary/aromatic N) is 1. The van der Waals surface area contributed by atoms with E-state index in [0.717, 1.165) is 27.6 Å². The van der Waals surface area contributed by atoms with Gasteiger partial charge in [0.15, 0.2) is 5.76 Å². The second kappa shape index (κ2) is 8.05. The number of fused-ring (bicyclic) bond motifs is 2. The van der Waals surface area contributed by atoms with E-state index in [0.29, 0.717) is 32.9 Å². The van der Waals surface area contributed by atoms with Gasteiger partial charge in [0.2, 0.25) is 5.78 Å². The molecule has 4 nitrogen and oxygen atoms in total. The van der Waals surface area contributed by atoms with Gasteiger partial charge in [-0.2, -0.15) is 0 Å². The minimum Gasteiger partial charge on any atom is -0.489 e. The number of para-hydroxylation sites is 1. The Morgan fingerprint density at radius 3 is 2.72 bits per heavy atom. The van der Waals surface area contributed by atoms with Gasteiger partial charge < -0.3 is 14.0 Å². The van der Waals surface area contributed by atoms with Crippen LogP contribution in [0, 0.1) is 6.92 Å². The van der Waals surface area contributed by atoms with Crippen LogP contribution in [0.5, 0.6) is 11.5 Å². The molecule has 0 aliphatic carbocycles. The smallest absolute Gasteiger partial charge is 0.232 e. The van der Waals surface area contributed by atoms with E-state index in [2.05, 4.69) is 0 Å². The quantitative estimate of drug-likeness (QED) is 0.306. The highest BCUT2D eigenvalue weighted by molar-refractivity contribution is 6.35. The van der Waals surface area contributed by atoms with Crippen LogP contribution in [0.15, 0.2) is 66.6 Å². The Hall–Kier alpha value is -3.21. The molecule has 0 fully saturated rings. The molecule has 0 N–H and O–H groups in total. The van der Waals surface area contributed by atoms with E-state index in [1.165, 1.54) is 0 Å². The molecule has 0 atom stereocenters. The second-order valence-corrected chi connectivity index (χ2v) is 8.63. The topological polar surface area (TPSA) is 40.5 Å². The molecule has 0 spiro atoms. The number of carbonyl (C=O) groups is 1. The number of rotatable bonds is 4. The van der Waals surface area contributed by atoms with Crippen molar-refractivity contribution in [3.63, 3.8) is 0 Å². The van der Waals surface area contributed by atoms with Gasteiger partial charge >= 0.3 is 0 Å². The molecule has 0 bridgehead atoms. The predicted molar refractivity (Wildman–Crippen MR) is 128 cm³/mol. The number of ether oxygens (including phenoxy) is 2. The SMILES string of the molecule is Cc1cc(OCc2ccc(Cl)cc2Cl)cc2c1C(=O)/C(=C/c1cn(C)c3ccccc13)O2. The van der Waals surface area contributed by atoms with E-state index < -0.39 is 0 Å². The lowest BCUT2D eigenvalue weighted by atomic mass is 10.0. The minimum absolute atomic E-state index is 0.127. The molecule has 6 heteroatoms. The van der Waals surface area contributed by atoms with Crippen molar-refractivity contribution in [2.24, 2.45) is 7.05 Å². The molecule has 1 aromatic heterocycles. The number of aryl methyl sites for hydroxylation is 2. The standard InChI is InChI=1S/C26H19Cl2NO3/c1-15-9-19(31-14-16-7-8-18(27)11-21(16)28)12-23-25(15)26(30)24(32-23)10-17-13-29(2)22-6-4-3-5-20(17)22/h3-13H,14H2,1-2H3/b24-10-. The van der Waals surface area contributed by atoms with E-state index in [-0.39, 0.29) is 12.4 Å². The summed E-state index contributed by atoms with van der Waals surface area (Å²) in [5.74, 6) is 1.28. The molecule has 0 saturated heterocycles. The van der Waals surface area contributed by atoms with E-state index in [1.54, 1.807) is 24.3 Å². The summed E-state index contributed by atoms with van der Waals surface area (Å²) in [5, 5.41) is 2.18. The lowest BCUT2D eigenvalue weighted by Crippen LogP contribution is -2.00. The van der Waals surface area contributed by atoms with E-state index in [4.69, 9.17) is 32.7 Å². The molecule has 0 amide bonds. The van der Waals surface area contributed by atoms with Crippen LogP contribution in [-0.2, 0) is 13.7 Å². The summed E-state index contributed by atoms with van der Waals surface area (Å²) in [6.07, 6.45) is 3.80. The van der Waals surface area contributed by atoms with Crippen molar-refractivity contribution in [1.82, 2.24) is 4.57 Å². The molecule has 3 aromatic carbocycles. The van der Waals surface area contributed by atoms with Crippen LogP contribution in [-0.4, -0.2) is 10.4 Å². The Morgan fingerprint density at radius 2 is 1.91 bits per heavy atom. The zero-order valence-electron chi connectivity index (χ0n) is 17.5. The molecule has 0 radical (unpaired) electrons. The van der Waals surface area contributed by atoms with Gasteiger partial charge in [-0.25, -0.2) is 0 Å². The summed E-state index contributed by atoms with van der Waals surface area (Å²) in [5.41, 5.74) is 4.21. The van der Waals surface area contributed by atoms with Gasteiger partial charge in [-0.05, 0) is 42.8 Å². The van der Waals surface area contributed by atoms with Crippen LogP contribution >= 0.6 is 23.2 Å². The van der Waals surface area contributed by atoms with Crippen molar-refractivity contribution in [2.75, 3.05) is 0 Å². The lowest BCUT2D eigenvalue weighted by Gasteiger charge is -2.10. The number of carbonyl (C=O) groups excluding carboxylic acids is 1. The molecule has 160 valence electrons. The zero-order chi connectivity index (χ0) is 22.4. The van der Waals surface area contributed by atoms with Gasteiger partial charge in [0.25, 0.3) is 0 Å². The maximum Gasteiger partial charge on any atom is 0.232 e. The number of ketones is 1. The van der Waals surface area contributed by atoms with E-state index in [9.17, 15) is 4.79 Å². The van der Waals surface area contributed by atoms with Crippen LogP contribution in [0.4, 0.5) is 0 Å². The molecule has 0 saturated carbocycles. The first-order valence-corrected chi connectivity index (χ1v) is 10.9. The molecule has 32 heavy (non-hydrogen) atoms. The second-order valence-electron chi connectivity index (χ2n) is 7.79. The van der Waals surface area contributed by atoms with Crippen molar-refractivity contribution in [3.05, 3.63) is 98.9 Å². The molecule has 1 aliphatic rings. The van der Waals surface area contributed by atoms with Gasteiger partial charge in [0.05, 0.1) is 5.56 Å². The highest BCUT2D eigenvalue weighted by Crippen LogP contribution is 2.38. The van der Waals surface area contributed by atoms with Gasteiger partial charge in [0.1, 0.15) is 18.1 Å². The van der Waals surface area contributed by atoms with E-state index >= 15 is 0 Å². The number of halogens is 2. The highest BCUT2D eigenvalue weighted by Gasteiger charge is 2.30. The average molecular weight is 464 g/mol. The summed E-state index contributed by atoms with van der Waals surface area (Å²) in [4.78, 5) is 13.1. The summed E-state index contributed by atoms with van der Waals surface area (Å²) in [7, 11) is 1.98. The van der Waals surface area contributed by atoms with Crippen LogP contribution in [0.1, 0.15) is 27.0 Å². The number of hydrogen-bond donors (Lipinski definition) is 0. The summed E-state index contributed by atoms with van der Waals surface area (Å²) < 4.78 is 13.9. The molecular formula is C26H19Cl2NO3. The largest absolute Gasteiger partial charge is 0.489 e. The first-order valence-electron chi connectivity index (χ1n) is 10.1. The van der Waals surface area contributed by atoms with Crippen molar-refractivity contribution in [2.45, 2.75) is 13.5 Å². The minimum atomic E-state index is -0.127. The van der Waals surface area contributed by atoms with Gasteiger partial charge in [-0.15, -0.1) is 0 Å². The van der Waals surface area contributed by atoms with Crippen LogP contribution in [0.25, 0.3) is 17.0 Å². The number of aromatic nitrogens is 1. The van der Waals surface area contributed by atoms with Crippen LogP contribution < -0.4 is 9.47 Å². The first-order chi connectivity index (χ1) is 15.4. The molecule has 0 unspecified atom stereocenters. The van der Waals surface area contributed by atoms with Gasteiger partial charge in [-0.1, -0.05) is 47.5 Å². The van der Waals surface area contributed by atoms with Crippen molar-refractivity contribution >= 4 is 46.0 Å². The fourth-order valence-corrected chi connectivity index (χ4v) is 4.45. The van der Waals surface area contributed by atoms with Crippen molar-refractivity contribution < 1.29 is 14.3 Å². The van der Waals surface area contributed by atoms with Crippen LogP contribution in [0.3, 0.4) is 0 Å². The normalized spacial score (nSPS) is 14.1. The molecular weight excluding hydrogens is 445 g/mol. The molecule has 1 aliphatic heterocycles. The van der Waals surface area contributed by atoms with E-state index in [1.807, 2.05) is 61.1 Å². The third-order valence-corrected chi connectivity index (χ3v) is 6.15. The zero-order valence-corrected chi connectivity index (χ0v) is 19.0. The van der Waals surface area contributed by atoms with Crippen molar-refractivity contribution in [3.8, 4) is 11.5 Å².